The van der Waals surface area contributed by atoms with E-state index in [1.54, 1.807) is 0 Å². The molecule has 0 bridgehead atoms. The summed E-state index contributed by atoms with van der Waals surface area (Å²) in [5, 5.41) is 4.12. The maximum atomic E-state index is 13.4. The average Bonchev–Trinajstić information content (AvgIpc) is 3.08. The first-order valence-electron chi connectivity index (χ1n) is 13.2. The number of hydrogen-bond donors (Lipinski definition) is 1. The second-order valence-electron chi connectivity index (χ2n) is 10.3. The summed E-state index contributed by atoms with van der Waals surface area (Å²) in [5.41, 5.74) is 0.708. The normalized spacial score (nSPS) is 25.0. The Morgan fingerprint density at radius 3 is 2.12 bits per heavy atom. The zero-order valence-electron chi connectivity index (χ0n) is 20.4. The SMILES string of the molecule is CCCC[C@H]1NC(=O)C2(CCN(C3CCCCCCCCC3)CC2)N1c1ccc(Cl)cc1.Cl. The third-order valence-corrected chi connectivity index (χ3v) is 8.40. The molecule has 2 saturated heterocycles. The maximum Gasteiger partial charge on any atom is 0.247 e. The quantitative estimate of drug-likeness (QED) is 0.480. The Bertz CT molecular complexity index is 723. The summed E-state index contributed by atoms with van der Waals surface area (Å²) in [7, 11) is 0. The average molecular weight is 497 g/mol. The van der Waals surface area contributed by atoms with Crippen LogP contribution in [0.1, 0.15) is 96.8 Å². The van der Waals surface area contributed by atoms with Crippen LogP contribution < -0.4 is 10.2 Å². The summed E-state index contributed by atoms with van der Waals surface area (Å²) in [6.45, 7) is 4.28. The van der Waals surface area contributed by atoms with E-state index in [1.807, 2.05) is 12.1 Å². The van der Waals surface area contributed by atoms with Gasteiger partial charge in [-0.2, -0.15) is 0 Å². The van der Waals surface area contributed by atoms with Gasteiger partial charge < -0.3 is 15.1 Å². The number of rotatable bonds is 5. The number of unbranched alkanes of at least 4 members (excludes halogenated alkanes) is 1. The molecule has 2 aliphatic heterocycles. The molecule has 1 amide bonds. The number of likely N-dealkylation sites (tertiary alicyclic amines) is 1. The molecule has 33 heavy (non-hydrogen) atoms. The van der Waals surface area contributed by atoms with E-state index in [2.05, 4.69) is 34.2 Å². The molecule has 2 heterocycles. The monoisotopic (exact) mass is 495 g/mol. The Balaban J connectivity index is 0.00000306. The summed E-state index contributed by atoms with van der Waals surface area (Å²) in [6.07, 6.45) is 17.6. The summed E-state index contributed by atoms with van der Waals surface area (Å²) >= 11 is 6.19. The smallest absolute Gasteiger partial charge is 0.247 e. The third-order valence-electron chi connectivity index (χ3n) is 8.15. The van der Waals surface area contributed by atoms with Crippen molar-refractivity contribution in [1.82, 2.24) is 10.2 Å². The van der Waals surface area contributed by atoms with Crippen LogP contribution in [0.3, 0.4) is 0 Å². The van der Waals surface area contributed by atoms with E-state index in [0.29, 0.717) is 6.04 Å². The topological polar surface area (TPSA) is 35.6 Å². The molecule has 3 aliphatic rings. The Kier molecular flexibility index (Phi) is 10.2. The van der Waals surface area contributed by atoms with Crippen LogP contribution in [0, 0.1) is 0 Å². The van der Waals surface area contributed by atoms with Crippen molar-refractivity contribution in [2.24, 2.45) is 0 Å². The van der Waals surface area contributed by atoms with Gasteiger partial charge in [-0.25, -0.2) is 0 Å². The molecule has 0 unspecified atom stereocenters. The molecule has 1 aliphatic carbocycles. The third kappa shape index (κ3) is 6.18. The minimum atomic E-state index is -0.418. The number of halogens is 2. The number of benzene rings is 1. The minimum Gasteiger partial charge on any atom is -0.336 e. The number of amides is 1. The lowest BCUT2D eigenvalue weighted by Gasteiger charge is -2.47. The first kappa shape index (κ1) is 26.6. The second kappa shape index (κ2) is 12.7. The fraction of sp³-hybridized carbons (Fsp3) is 0.741. The molecular weight excluding hydrogens is 453 g/mol. The molecule has 1 spiro atoms. The molecule has 0 radical (unpaired) electrons. The molecule has 186 valence electrons. The largest absolute Gasteiger partial charge is 0.336 e. The van der Waals surface area contributed by atoms with Gasteiger partial charge in [0.2, 0.25) is 5.91 Å². The first-order valence-corrected chi connectivity index (χ1v) is 13.6. The van der Waals surface area contributed by atoms with Crippen molar-refractivity contribution >= 4 is 35.6 Å². The number of hydrogen-bond acceptors (Lipinski definition) is 3. The van der Waals surface area contributed by atoms with Crippen LogP contribution in [0.2, 0.25) is 5.02 Å². The van der Waals surface area contributed by atoms with Crippen molar-refractivity contribution in [3.63, 3.8) is 0 Å². The van der Waals surface area contributed by atoms with Crippen molar-refractivity contribution in [2.45, 2.75) is 115 Å². The van der Waals surface area contributed by atoms with Gasteiger partial charge in [0, 0.05) is 29.8 Å². The highest BCUT2D eigenvalue weighted by atomic mass is 35.5. The van der Waals surface area contributed by atoms with Crippen LogP contribution in [0.4, 0.5) is 5.69 Å². The van der Waals surface area contributed by atoms with Crippen LogP contribution in [0.15, 0.2) is 24.3 Å². The Hall–Kier alpha value is -0.970. The van der Waals surface area contributed by atoms with Crippen LogP contribution in [0.5, 0.6) is 0 Å². The lowest BCUT2D eigenvalue weighted by atomic mass is 9.84. The van der Waals surface area contributed by atoms with Crippen molar-refractivity contribution in [3.05, 3.63) is 29.3 Å². The Morgan fingerprint density at radius 2 is 1.55 bits per heavy atom. The molecule has 1 aromatic rings. The fourth-order valence-electron chi connectivity index (χ4n) is 6.27. The van der Waals surface area contributed by atoms with Gasteiger partial charge in [0.05, 0.1) is 0 Å². The summed E-state index contributed by atoms with van der Waals surface area (Å²) in [6, 6.07) is 8.81. The van der Waals surface area contributed by atoms with Gasteiger partial charge in [-0.05, 0) is 62.8 Å². The zero-order valence-corrected chi connectivity index (χ0v) is 21.9. The van der Waals surface area contributed by atoms with E-state index in [1.165, 1.54) is 57.8 Å². The number of carbonyl (C=O) groups is 1. The summed E-state index contributed by atoms with van der Waals surface area (Å²) in [5.74, 6) is 0.235. The van der Waals surface area contributed by atoms with Gasteiger partial charge in [-0.15, -0.1) is 12.4 Å². The number of nitrogens with one attached hydrogen (secondary N) is 1. The van der Waals surface area contributed by atoms with Gasteiger partial charge in [0.1, 0.15) is 11.7 Å². The predicted molar refractivity (Wildman–Crippen MR) is 142 cm³/mol. The van der Waals surface area contributed by atoms with E-state index >= 15 is 0 Å². The molecule has 1 saturated carbocycles. The fourth-order valence-corrected chi connectivity index (χ4v) is 6.39. The van der Waals surface area contributed by atoms with Crippen LogP contribution in [0.25, 0.3) is 0 Å². The number of anilines is 1. The van der Waals surface area contributed by atoms with Gasteiger partial charge in [-0.3, -0.25) is 4.79 Å². The van der Waals surface area contributed by atoms with Crippen LogP contribution >= 0.6 is 24.0 Å². The molecule has 1 N–H and O–H groups in total. The molecule has 1 aromatic carbocycles. The van der Waals surface area contributed by atoms with Crippen molar-refractivity contribution in [3.8, 4) is 0 Å². The number of carbonyl (C=O) groups excluding carboxylic acids is 1. The Morgan fingerprint density at radius 1 is 0.970 bits per heavy atom. The highest BCUT2D eigenvalue weighted by Crippen LogP contribution is 2.41. The molecule has 1 atom stereocenters. The number of nitrogens with zero attached hydrogens (tertiary/aromatic N) is 2. The van der Waals surface area contributed by atoms with Gasteiger partial charge in [0.25, 0.3) is 0 Å². The first-order chi connectivity index (χ1) is 15.6. The van der Waals surface area contributed by atoms with Gasteiger partial charge >= 0.3 is 0 Å². The van der Waals surface area contributed by atoms with Crippen molar-refractivity contribution in [1.29, 1.82) is 0 Å². The van der Waals surface area contributed by atoms with Crippen LogP contribution in [-0.2, 0) is 4.79 Å². The van der Waals surface area contributed by atoms with Crippen molar-refractivity contribution in [2.75, 3.05) is 18.0 Å². The van der Waals surface area contributed by atoms with Gasteiger partial charge in [-0.1, -0.05) is 69.9 Å². The lowest BCUT2D eigenvalue weighted by Crippen LogP contribution is -2.58. The minimum absolute atomic E-state index is 0. The molecule has 3 fully saturated rings. The zero-order chi connectivity index (χ0) is 22.4. The maximum absolute atomic E-state index is 13.4. The van der Waals surface area contributed by atoms with Gasteiger partial charge in [0.15, 0.2) is 0 Å². The Labute approximate surface area is 212 Å². The van der Waals surface area contributed by atoms with E-state index in [-0.39, 0.29) is 24.5 Å². The van der Waals surface area contributed by atoms with E-state index in [4.69, 9.17) is 11.6 Å². The molecular formula is C27H43Cl2N3O. The number of piperidine rings is 1. The molecule has 0 aromatic heterocycles. The predicted octanol–water partition coefficient (Wildman–Crippen LogP) is 6.94. The molecule has 6 heteroatoms. The van der Waals surface area contributed by atoms with Crippen molar-refractivity contribution < 1.29 is 4.79 Å². The summed E-state index contributed by atoms with van der Waals surface area (Å²) in [4.78, 5) is 18.6. The highest BCUT2D eigenvalue weighted by Gasteiger charge is 2.54. The highest BCUT2D eigenvalue weighted by molar-refractivity contribution is 6.30. The molecule has 4 nitrogen and oxygen atoms in total. The van der Waals surface area contributed by atoms with Crippen LogP contribution in [-0.4, -0.2) is 41.6 Å². The lowest BCUT2D eigenvalue weighted by molar-refractivity contribution is -0.125. The van der Waals surface area contributed by atoms with E-state index in [9.17, 15) is 4.79 Å². The molecule has 4 rings (SSSR count). The van der Waals surface area contributed by atoms with E-state index in [0.717, 1.165) is 55.9 Å². The van der Waals surface area contributed by atoms with E-state index < -0.39 is 5.54 Å². The standard InChI is InChI=1S/C27H42ClN3O.ClH/c1-2-3-13-25-29-26(32)27(31(25)24-16-14-22(28)15-17-24)18-20-30(21-19-27)23-11-9-7-5-4-6-8-10-12-23;/h14-17,23,25H,2-13,18-21H2,1H3,(H,29,32);1H/t25-;/m0./s1. The second-order valence-corrected chi connectivity index (χ2v) is 10.7. The summed E-state index contributed by atoms with van der Waals surface area (Å²) < 4.78 is 0.